The fourth-order valence-electron chi connectivity index (χ4n) is 1.78. The second-order valence-electron chi connectivity index (χ2n) is 4.48. The van der Waals surface area contributed by atoms with Gasteiger partial charge in [-0.15, -0.1) is 0 Å². The summed E-state index contributed by atoms with van der Waals surface area (Å²) in [6.07, 6.45) is 0. The van der Waals surface area contributed by atoms with Crippen molar-refractivity contribution in [2.45, 2.75) is 26.3 Å². The topological polar surface area (TPSA) is 32.3 Å². The highest BCUT2D eigenvalue weighted by atomic mass is 32.1. The van der Waals surface area contributed by atoms with Crippen LogP contribution in [0.15, 0.2) is 24.3 Å². The van der Waals surface area contributed by atoms with Gasteiger partial charge in [-0.05, 0) is 44.6 Å². The Morgan fingerprint density at radius 3 is 2.44 bits per heavy atom. The number of rotatable bonds is 1. The van der Waals surface area contributed by atoms with Gasteiger partial charge in [-0.1, -0.05) is 18.2 Å². The number of thiocarbonyl (C=S) groups is 1. The van der Waals surface area contributed by atoms with Gasteiger partial charge in [-0.2, -0.15) is 0 Å². The molecule has 1 saturated heterocycles. The van der Waals surface area contributed by atoms with Gasteiger partial charge in [0.05, 0.1) is 5.69 Å². The Labute approximate surface area is 100 Å². The highest BCUT2D eigenvalue weighted by Gasteiger charge is 2.42. The lowest BCUT2D eigenvalue weighted by Crippen LogP contribution is -2.40. The zero-order valence-electron chi connectivity index (χ0n) is 9.57. The van der Waals surface area contributed by atoms with E-state index in [0.717, 1.165) is 11.3 Å². The number of amides is 1. The number of nitrogens with zero attached hydrogens (tertiary/aromatic N) is 1. The molecule has 0 spiro atoms. The van der Waals surface area contributed by atoms with Crippen LogP contribution in [0.2, 0.25) is 0 Å². The number of para-hydroxylation sites is 1. The fourth-order valence-corrected chi connectivity index (χ4v) is 2.22. The molecule has 1 N–H and O–H groups in total. The Kier molecular flexibility index (Phi) is 2.46. The summed E-state index contributed by atoms with van der Waals surface area (Å²) in [7, 11) is 0. The van der Waals surface area contributed by atoms with E-state index in [9.17, 15) is 4.79 Å². The summed E-state index contributed by atoms with van der Waals surface area (Å²) in [5, 5.41) is 3.50. The van der Waals surface area contributed by atoms with Gasteiger partial charge in [0.2, 0.25) is 0 Å². The third-order valence-electron chi connectivity index (χ3n) is 2.72. The fraction of sp³-hybridized carbons (Fsp3) is 0.333. The molecule has 1 aliphatic heterocycles. The molecule has 1 aliphatic rings. The molecule has 16 heavy (non-hydrogen) atoms. The van der Waals surface area contributed by atoms with E-state index >= 15 is 0 Å². The first-order chi connectivity index (χ1) is 7.43. The normalized spacial score (nSPS) is 18.8. The van der Waals surface area contributed by atoms with Crippen molar-refractivity contribution >= 4 is 28.9 Å². The molecule has 2 rings (SSSR count). The van der Waals surface area contributed by atoms with E-state index in [1.807, 2.05) is 45.0 Å². The molecule has 84 valence electrons. The van der Waals surface area contributed by atoms with Crippen molar-refractivity contribution in [3.05, 3.63) is 29.8 Å². The average Bonchev–Trinajstić information content (AvgIpc) is 2.39. The molecule has 0 aromatic heterocycles. The number of carbonyl (C=O) groups is 1. The molecule has 1 amide bonds. The van der Waals surface area contributed by atoms with Crippen molar-refractivity contribution in [3.8, 4) is 0 Å². The van der Waals surface area contributed by atoms with Gasteiger partial charge in [-0.25, -0.2) is 0 Å². The van der Waals surface area contributed by atoms with E-state index in [0.29, 0.717) is 5.11 Å². The maximum atomic E-state index is 12.2. The average molecular weight is 234 g/mol. The van der Waals surface area contributed by atoms with Gasteiger partial charge in [0.25, 0.3) is 5.91 Å². The smallest absolute Gasteiger partial charge is 0.258 e. The zero-order valence-corrected chi connectivity index (χ0v) is 10.4. The van der Waals surface area contributed by atoms with Gasteiger partial charge in [-0.3, -0.25) is 9.69 Å². The van der Waals surface area contributed by atoms with Crippen LogP contribution in [0.3, 0.4) is 0 Å². The lowest BCUT2D eigenvalue weighted by atomic mass is 10.1. The minimum Gasteiger partial charge on any atom is -0.348 e. The molecule has 1 heterocycles. The van der Waals surface area contributed by atoms with Crippen LogP contribution in [-0.2, 0) is 4.79 Å². The predicted molar refractivity (Wildman–Crippen MR) is 68.5 cm³/mol. The third-order valence-corrected chi connectivity index (χ3v) is 3.00. The van der Waals surface area contributed by atoms with Gasteiger partial charge in [0.1, 0.15) is 5.54 Å². The monoisotopic (exact) mass is 234 g/mol. The van der Waals surface area contributed by atoms with Crippen LogP contribution < -0.4 is 10.2 Å². The molecule has 0 atom stereocenters. The Balaban J connectivity index is 2.47. The van der Waals surface area contributed by atoms with Gasteiger partial charge < -0.3 is 5.32 Å². The maximum absolute atomic E-state index is 12.2. The van der Waals surface area contributed by atoms with Crippen molar-refractivity contribution in [1.82, 2.24) is 5.32 Å². The van der Waals surface area contributed by atoms with Gasteiger partial charge in [0, 0.05) is 0 Å². The molecule has 0 unspecified atom stereocenters. The van der Waals surface area contributed by atoms with E-state index in [1.165, 1.54) is 0 Å². The molecule has 4 heteroatoms. The van der Waals surface area contributed by atoms with Crippen molar-refractivity contribution in [3.63, 3.8) is 0 Å². The summed E-state index contributed by atoms with van der Waals surface area (Å²) in [5.74, 6) is -0.00759. The number of hydrogen-bond acceptors (Lipinski definition) is 2. The highest BCUT2D eigenvalue weighted by Crippen LogP contribution is 2.26. The van der Waals surface area contributed by atoms with Crippen LogP contribution in [0.5, 0.6) is 0 Å². The van der Waals surface area contributed by atoms with Crippen LogP contribution in [0.25, 0.3) is 0 Å². The minimum absolute atomic E-state index is 0.00759. The minimum atomic E-state index is -0.612. The molecule has 1 fully saturated rings. The number of carbonyl (C=O) groups excluding carboxylic acids is 1. The lowest BCUT2D eigenvalue weighted by molar-refractivity contribution is -0.120. The predicted octanol–water partition coefficient (Wildman–Crippen LogP) is 1.99. The molecule has 0 bridgehead atoms. The van der Waals surface area contributed by atoms with Crippen LogP contribution in [0.4, 0.5) is 5.69 Å². The van der Waals surface area contributed by atoms with Crippen LogP contribution in [-0.4, -0.2) is 16.6 Å². The van der Waals surface area contributed by atoms with Gasteiger partial charge >= 0.3 is 0 Å². The number of hydrogen-bond donors (Lipinski definition) is 1. The molecule has 1 aromatic rings. The largest absolute Gasteiger partial charge is 0.348 e. The molecule has 3 nitrogen and oxygen atoms in total. The van der Waals surface area contributed by atoms with Crippen molar-refractivity contribution in [2.24, 2.45) is 0 Å². The summed E-state index contributed by atoms with van der Waals surface area (Å²) in [5.41, 5.74) is 1.28. The van der Waals surface area contributed by atoms with Crippen LogP contribution >= 0.6 is 12.2 Å². The van der Waals surface area contributed by atoms with E-state index in [1.54, 1.807) is 4.90 Å². The number of aryl methyl sites for hydroxylation is 1. The first kappa shape index (κ1) is 11.1. The van der Waals surface area contributed by atoms with Crippen molar-refractivity contribution in [1.29, 1.82) is 0 Å². The van der Waals surface area contributed by atoms with Crippen LogP contribution in [0.1, 0.15) is 19.4 Å². The van der Waals surface area contributed by atoms with Crippen molar-refractivity contribution < 1.29 is 4.79 Å². The number of benzene rings is 1. The SMILES string of the molecule is Cc1ccccc1N1C(=O)C(C)(C)NC1=S. The third kappa shape index (κ3) is 1.59. The number of nitrogens with one attached hydrogen (secondary N) is 1. The van der Waals surface area contributed by atoms with Gasteiger partial charge in [0.15, 0.2) is 5.11 Å². The summed E-state index contributed by atoms with van der Waals surface area (Å²) in [6, 6.07) is 7.73. The lowest BCUT2D eigenvalue weighted by Gasteiger charge is -2.18. The molecule has 1 aromatic carbocycles. The summed E-state index contributed by atoms with van der Waals surface area (Å²) < 4.78 is 0. The molecular formula is C12H14N2OS. The molecule has 0 radical (unpaired) electrons. The summed E-state index contributed by atoms with van der Waals surface area (Å²) in [4.78, 5) is 13.7. The highest BCUT2D eigenvalue weighted by molar-refractivity contribution is 7.80. The maximum Gasteiger partial charge on any atom is 0.258 e. The Bertz CT molecular complexity index is 468. The van der Waals surface area contributed by atoms with Crippen LogP contribution in [0, 0.1) is 6.92 Å². The first-order valence-corrected chi connectivity index (χ1v) is 5.56. The zero-order chi connectivity index (χ0) is 11.9. The quantitative estimate of drug-likeness (QED) is 0.754. The Morgan fingerprint density at radius 2 is 1.94 bits per heavy atom. The second kappa shape index (κ2) is 3.56. The summed E-state index contributed by atoms with van der Waals surface area (Å²) in [6.45, 7) is 5.64. The second-order valence-corrected chi connectivity index (χ2v) is 4.87. The Morgan fingerprint density at radius 1 is 1.31 bits per heavy atom. The van der Waals surface area contributed by atoms with E-state index < -0.39 is 5.54 Å². The molecule has 0 saturated carbocycles. The van der Waals surface area contributed by atoms with Crippen molar-refractivity contribution in [2.75, 3.05) is 4.90 Å². The molecular weight excluding hydrogens is 220 g/mol. The summed E-state index contributed by atoms with van der Waals surface area (Å²) >= 11 is 5.20. The standard InChI is InChI=1S/C12H14N2OS/c1-8-6-4-5-7-9(8)14-10(15)12(2,3)13-11(14)16/h4-7H,1-3H3,(H,13,16). The molecule has 0 aliphatic carbocycles. The van der Waals surface area contributed by atoms with E-state index in [4.69, 9.17) is 12.2 Å². The van der Waals surface area contributed by atoms with E-state index in [2.05, 4.69) is 5.32 Å². The first-order valence-electron chi connectivity index (χ1n) is 5.16. The Hall–Kier alpha value is -1.42. The number of anilines is 1. The van der Waals surface area contributed by atoms with E-state index in [-0.39, 0.29) is 5.91 Å².